The van der Waals surface area contributed by atoms with Crippen LogP contribution in [0.2, 0.25) is 0 Å². The lowest BCUT2D eigenvalue weighted by Gasteiger charge is -2.36. The van der Waals surface area contributed by atoms with Crippen LogP contribution >= 0.6 is 0 Å². The van der Waals surface area contributed by atoms with Gasteiger partial charge in [-0.2, -0.15) is 0 Å². The quantitative estimate of drug-likeness (QED) is 0.579. The first kappa shape index (κ1) is 19.7. The molecule has 0 aliphatic carbocycles. The number of aryl methyl sites for hydroxylation is 3. The van der Waals surface area contributed by atoms with Gasteiger partial charge in [-0.1, -0.05) is 29.8 Å². The van der Waals surface area contributed by atoms with Crippen molar-refractivity contribution >= 4 is 16.7 Å². The van der Waals surface area contributed by atoms with Crippen molar-refractivity contribution in [2.75, 3.05) is 37.6 Å². The third kappa shape index (κ3) is 4.54. The fourth-order valence-electron chi connectivity index (χ4n) is 4.24. The number of anilines is 1. The van der Waals surface area contributed by atoms with Crippen LogP contribution in [-0.4, -0.2) is 37.6 Å². The summed E-state index contributed by atoms with van der Waals surface area (Å²) in [5.74, 6) is 0. The molecule has 0 saturated carbocycles. The van der Waals surface area contributed by atoms with Gasteiger partial charge in [0.2, 0.25) is 0 Å². The van der Waals surface area contributed by atoms with Gasteiger partial charge >= 0.3 is 0 Å². The molecule has 0 spiro atoms. The predicted octanol–water partition coefficient (Wildman–Crippen LogP) is 4.55. The molecular weight excluding hydrogens is 360 g/mol. The second kappa shape index (κ2) is 8.83. The third-order valence-electron chi connectivity index (χ3n) is 6.00. The van der Waals surface area contributed by atoms with Gasteiger partial charge in [0.05, 0.1) is 11.6 Å². The van der Waals surface area contributed by atoms with E-state index in [1.165, 1.54) is 11.3 Å². The lowest BCUT2D eigenvalue weighted by atomic mass is 10.1. The van der Waals surface area contributed by atoms with E-state index in [9.17, 15) is 4.79 Å². The molecule has 4 heteroatoms. The number of nitrogens with zero attached hydrogens (tertiary/aromatic N) is 2. The van der Waals surface area contributed by atoms with Crippen molar-refractivity contribution in [2.24, 2.45) is 0 Å². The molecule has 4 nitrogen and oxygen atoms in total. The molecule has 0 bridgehead atoms. The third-order valence-corrected chi connectivity index (χ3v) is 6.00. The monoisotopic (exact) mass is 390 g/mol. The second-order valence-corrected chi connectivity index (χ2v) is 8.16. The number of unbranched alkanes of at least 4 members (excludes halogenated alkanes) is 1. The Balaban J connectivity index is 1.26. The first-order valence-electron chi connectivity index (χ1n) is 10.7. The minimum atomic E-state index is 0.127. The van der Waals surface area contributed by atoms with E-state index >= 15 is 0 Å². The normalized spacial score (nSPS) is 15.2. The Kier molecular flexibility index (Phi) is 6.00. The van der Waals surface area contributed by atoms with Crippen LogP contribution in [0, 0.1) is 13.8 Å². The zero-order valence-corrected chi connectivity index (χ0v) is 17.5. The summed E-state index contributed by atoms with van der Waals surface area (Å²) in [4.78, 5) is 17.7. The summed E-state index contributed by atoms with van der Waals surface area (Å²) < 4.78 is 5.67. The van der Waals surface area contributed by atoms with Gasteiger partial charge in [-0.25, -0.2) is 0 Å². The predicted molar refractivity (Wildman–Crippen MR) is 120 cm³/mol. The van der Waals surface area contributed by atoms with Gasteiger partial charge in [0.1, 0.15) is 5.58 Å². The number of hydrogen-bond donors (Lipinski definition) is 0. The van der Waals surface area contributed by atoms with E-state index in [0.29, 0.717) is 11.0 Å². The second-order valence-electron chi connectivity index (χ2n) is 8.16. The minimum Gasteiger partial charge on any atom is -0.464 e. The highest BCUT2D eigenvalue weighted by atomic mass is 16.3. The number of piperazine rings is 1. The van der Waals surface area contributed by atoms with Crippen molar-refractivity contribution in [2.45, 2.75) is 33.1 Å². The molecule has 1 saturated heterocycles. The van der Waals surface area contributed by atoms with Gasteiger partial charge in [0.15, 0.2) is 5.43 Å². The van der Waals surface area contributed by atoms with Gasteiger partial charge in [-0.15, -0.1) is 0 Å². The van der Waals surface area contributed by atoms with E-state index in [-0.39, 0.29) is 5.43 Å². The molecule has 152 valence electrons. The maximum Gasteiger partial charge on any atom is 0.195 e. The van der Waals surface area contributed by atoms with E-state index in [4.69, 9.17) is 4.42 Å². The average Bonchev–Trinajstić information content (AvgIpc) is 2.74. The van der Waals surface area contributed by atoms with Crippen molar-refractivity contribution in [3.05, 3.63) is 75.6 Å². The topological polar surface area (TPSA) is 36.7 Å². The highest BCUT2D eigenvalue weighted by Gasteiger charge is 2.17. The lowest BCUT2D eigenvalue weighted by molar-refractivity contribution is 0.253. The van der Waals surface area contributed by atoms with E-state index in [1.54, 1.807) is 6.26 Å². The van der Waals surface area contributed by atoms with Gasteiger partial charge in [0.25, 0.3) is 0 Å². The maximum absolute atomic E-state index is 12.7. The van der Waals surface area contributed by atoms with E-state index in [1.807, 2.05) is 25.1 Å². The Morgan fingerprint density at radius 3 is 2.55 bits per heavy atom. The first-order valence-corrected chi connectivity index (χ1v) is 10.7. The first-order chi connectivity index (χ1) is 14.1. The average molecular weight is 391 g/mol. The number of benzene rings is 2. The minimum absolute atomic E-state index is 0.127. The Bertz CT molecular complexity index is 1030. The zero-order valence-electron chi connectivity index (χ0n) is 17.5. The van der Waals surface area contributed by atoms with Crippen molar-refractivity contribution in [1.82, 2.24) is 4.90 Å². The molecule has 2 aromatic carbocycles. The SMILES string of the molecule is Cc1ccc2occ(CCCCN3CCN(c4ccccc4C)CC3)c(=O)c2c1. The summed E-state index contributed by atoms with van der Waals surface area (Å²) in [5, 5.41) is 0.704. The molecule has 2 heterocycles. The van der Waals surface area contributed by atoms with Crippen molar-refractivity contribution in [3.63, 3.8) is 0 Å². The van der Waals surface area contributed by atoms with Crippen LogP contribution in [-0.2, 0) is 6.42 Å². The van der Waals surface area contributed by atoms with E-state index < -0.39 is 0 Å². The molecule has 0 unspecified atom stereocenters. The summed E-state index contributed by atoms with van der Waals surface area (Å²) in [6.07, 6.45) is 4.56. The largest absolute Gasteiger partial charge is 0.464 e. The van der Waals surface area contributed by atoms with Crippen LogP contribution in [0.5, 0.6) is 0 Å². The fourth-order valence-corrected chi connectivity index (χ4v) is 4.24. The molecular formula is C25H30N2O2. The number of rotatable bonds is 6. The van der Waals surface area contributed by atoms with Gasteiger partial charge in [0, 0.05) is 37.4 Å². The Morgan fingerprint density at radius 2 is 1.76 bits per heavy atom. The Morgan fingerprint density at radius 1 is 0.966 bits per heavy atom. The van der Waals surface area contributed by atoms with Crippen LogP contribution in [0.3, 0.4) is 0 Å². The molecule has 1 aliphatic heterocycles. The molecule has 0 N–H and O–H groups in total. The molecule has 0 amide bonds. The summed E-state index contributed by atoms with van der Waals surface area (Å²) in [6.45, 7) is 9.66. The van der Waals surface area contributed by atoms with Gasteiger partial charge < -0.3 is 9.32 Å². The molecule has 3 aromatic rings. The molecule has 1 fully saturated rings. The fraction of sp³-hybridized carbons (Fsp3) is 0.400. The molecule has 0 radical (unpaired) electrons. The molecule has 29 heavy (non-hydrogen) atoms. The van der Waals surface area contributed by atoms with Gasteiger partial charge in [-0.05, 0) is 63.4 Å². The maximum atomic E-state index is 12.7. The van der Waals surface area contributed by atoms with Crippen LogP contribution < -0.4 is 10.3 Å². The summed E-state index contributed by atoms with van der Waals surface area (Å²) in [6, 6.07) is 14.4. The standard InChI is InChI=1S/C25H30N2O2/c1-19-10-11-24-22(17-19)25(28)21(18-29-24)8-5-6-12-26-13-15-27(16-14-26)23-9-4-3-7-20(23)2/h3-4,7,9-11,17-18H,5-6,8,12-16H2,1-2H3. The number of para-hydroxylation sites is 1. The molecule has 1 aromatic heterocycles. The highest BCUT2D eigenvalue weighted by molar-refractivity contribution is 5.77. The van der Waals surface area contributed by atoms with Crippen LogP contribution in [0.4, 0.5) is 5.69 Å². The van der Waals surface area contributed by atoms with Crippen LogP contribution in [0.15, 0.2) is 57.9 Å². The smallest absolute Gasteiger partial charge is 0.195 e. The summed E-state index contributed by atoms with van der Waals surface area (Å²) in [5.41, 5.74) is 5.41. The van der Waals surface area contributed by atoms with E-state index in [2.05, 4.69) is 41.0 Å². The molecule has 1 aliphatic rings. The van der Waals surface area contributed by atoms with Crippen LogP contribution in [0.1, 0.15) is 29.5 Å². The molecule has 4 rings (SSSR count). The molecule has 0 atom stereocenters. The number of fused-ring (bicyclic) bond motifs is 1. The highest BCUT2D eigenvalue weighted by Crippen LogP contribution is 2.21. The zero-order chi connectivity index (χ0) is 20.2. The lowest BCUT2D eigenvalue weighted by Crippen LogP contribution is -2.46. The van der Waals surface area contributed by atoms with Crippen LogP contribution in [0.25, 0.3) is 11.0 Å². The van der Waals surface area contributed by atoms with Crippen molar-refractivity contribution in [3.8, 4) is 0 Å². The van der Waals surface area contributed by atoms with E-state index in [0.717, 1.165) is 63.1 Å². The Labute approximate surface area is 172 Å². The van der Waals surface area contributed by atoms with Gasteiger partial charge in [-0.3, -0.25) is 9.69 Å². The summed E-state index contributed by atoms with van der Waals surface area (Å²) >= 11 is 0. The van der Waals surface area contributed by atoms with Crippen molar-refractivity contribution < 1.29 is 4.42 Å². The van der Waals surface area contributed by atoms with Crippen molar-refractivity contribution in [1.29, 1.82) is 0 Å². The Hall–Kier alpha value is -2.59. The summed E-state index contributed by atoms with van der Waals surface area (Å²) in [7, 11) is 0. The number of hydrogen-bond acceptors (Lipinski definition) is 4.